The highest BCUT2D eigenvalue weighted by atomic mass is 19.4. The lowest BCUT2D eigenvalue weighted by atomic mass is 9.94. The van der Waals surface area contributed by atoms with E-state index in [0.717, 1.165) is 25.1 Å². The molecular formula is C13H19F3N2. The second-order valence-electron chi connectivity index (χ2n) is 4.50. The molecule has 0 bridgehead atoms. The number of nitrogens with zero attached hydrogens (tertiary/aromatic N) is 1. The van der Waals surface area contributed by atoms with Gasteiger partial charge in [0.15, 0.2) is 0 Å². The molecule has 0 radical (unpaired) electrons. The standard InChI is InChI=1S/C13H19F3N2/c1-4-5-9(2)12(17-3)11-7-6-10(8-18-11)13(14,15)16/h6-9,12,17H,4-5H2,1-3H3. The van der Waals surface area contributed by atoms with Crippen LogP contribution in [0, 0.1) is 5.92 Å². The van der Waals surface area contributed by atoms with E-state index in [-0.39, 0.29) is 6.04 Å². The Hall–Kier alpha value is -1.10. The highest BCUT2D eigenvalue weighted by molar-refractivity contribution is 5.19. The van der Waals surface area contributed by atoms with Crippen molar-refractivity contribution in [1.29, 1.82) is 0 Å². The molecule has 102 valence electrons. The van der Waals surface area contributed by atoms with Gasteiger partial charge in [0.2, 0.25) is 0 Å². The Bertz CT molecular complexity index is 359. The van der Waals surface area contributed by atoms with Gasteiger partial charge in [-0.3, -0.25) is 4.98 Å². The lowest BCUT2D eigenvalue weighted by Crippen LogP contribution is -2.24. The monoisotopic (exact) mass is 260 g/mol. The van der Waals surface area contributed by atoms with Crippen LogP contribution in [0.5, 0.6) is 0 Å². The van der Waals surface area contributed by atoms with Gasteiger partial charge in [-0.1, -0.05) is 20.3 Å². The largest absolute Gasteiger partial charge is 0.417 e. The molecule has 1 heterocycles. The molecule has 2 unspecified atom stereocenters. The Morgan fingerprint density at radius 3 is 2.39 bits per heavy atom. The van der Waals surface area contributed by atoms with E-state index >= 15 is 0 Å². The minimum atomic E-state index is -4.32. The van der Waals surface area contributed by atoms with E-state index in [1.54, 1.807) is 7.05 Å². The lowest BCUT2D eigenvalue weighted by molar-refractivity contribution is -0.137. The molecule has 1 N–H and O–H groups in total. The van der Waals surface area contributed by atoms with Gasteiger partial charge in [0.05, 0.1) is 17.3 Å². The molecule has 1 aromatic rings. The number of hydrogen-bond acceptors (Lipinski definition) is 2. The van der Waals surface area contributed by atoms with E-state index in [1.807, 2.05) is 0 Å². The molecule has 2 atom stereocenters. The zero-order chi connectivity index (χ0) is 13.8. The van der Waals surface area contributed by atoms with Crippen molar-refractivity contribution in [2.75, 3.05) is 7.05 Å². The molecule has 0 saturated heterocycles. The first-order chi connectivity index (χ1) is 8.40. The summed E-state index contributed by atoms with van der Waals surface area (Å²) >= 11 is 0. The van der Waals surface area contributed by atoms with Crippen LogP contribution in [0.1, 0.15) is 44.0 Å². The normalized spacial score (nSPS) is 15.4. The molecule has 1 rings (SSSR count). The Labute approximate surface area is 106 Å². The quantitative estimate of drug-likeness (QED) is 0.871. The number of pyridine rings is 1. The highest BCUT2D eigenvalue weighted by Crippen LogP contribution is 2.30. The first-order valence-corrected chi connectivity index (χ1v) is 6.10. The Morgan fingerprint density at radius 1 is 1.33 bits per heavy atom. The van der Waals surface area contributed by atoms with Crippen LogP contribution in [-0.4, -0.2) is 12.0 Å². The second kappa shape index (κ2) is 6.18. The highest BCUT2D eigenvalue weighted by Gasteiger charge is 2.31. The molecular weight excluding hydrogens is 241 g/mol. The predicted molar refractivity (Wildman–Crippen MR) is 65.1 cm³/mol. The summed E-state index contributed by atoms with van der Waals surface area (Å²) < 4.78 is 37.3. The number of rotatable bonds is 5. The van der Waals surface area contributed by atoms with Crippen LogP contribution in [0.25, 0.3) is 0 Å². The van der Waals surface area contributed by atoms with Crippen LogP contribution >= 0.6 is 0 Å². The third-order valence-corrected chi connectivity index (χ3v) is 3.06. The van der Waals surface area contributed by atoms with Crippen LogP contribution in [-0.2, 0) is 6.18 Å². The summed E-state index contributed by atoms with van der Waals surface area (Å²) in [6, 6.07) is 2.54. The Kier molecular flexibility index (Phi) is 5.14. The maximum atomic E-state index is 12.4. The molecule has 5 heteroatoms. The van der Waals surface area contributed by atoms with Crippen LogP contribution in [0.2, 0.25) is 0 Å². The third-order valence-electron chi connectivity index (χ3n) is 3.06. The van der Waals surface area contributed by atoms with E-state index in [2.05, 4.69) is 24.1 Å². The van der Waals surface area contributed by atoms with Crippen molar-refractivity contribution in [1.82, 2.24) is 10.3 Å². The van der Waals surface area contributed by atoms with E-state index in [0.29, 0.717) is 11.6 Å². The molecule has 2 nitrogen and oxygen atoms in total. The molecule has 0 spiro atoms. The van der Waals surface area contributed by atoms with E-state index < -0.39 is 11.7 Å². The van der Waals surface area contributed by atoms with Gasteiger partial charge in [-0.25, -0.2) is 0 Å². The summed E-state index contributed by atoms with van der Waals surface area (Å²) in [6.07, 6.45) is -1.37. The molecule has 1 aromatic heterocycles. The average molecular weight is 260 g/mol. The summed E-state index contributed by atoms with van der Waals surface area (Å²) in [5, 5.41) is 3.12. The van der Waals surface area contributed by atoms with Gasteiger partial charge in [-0.05, 0) is 31.5 Å². The molecule has 0 aliphatic heterocycles. The molecule has 0 aromatic carbocycles. The number of nitrogens with one attached hydrogen (secondary N) is 1. The van der Waals surface area contributed by atoms with Gasteiger partial charge in [0.25, 0.3) is 0 Å². The van der Waals surface area contributed by atoms with Crippen molar-refractivity contribution in [3.8, 4) is 0 Å². The molecule has 0 amide bonds. The molecule has 0 fully saturated rings. The summed E-state index contributed by atoms with van der Waals surface area (Å²) in [6.45, 7) is 4.16. The third kappa shape index (κ3) is 3.70. The minimum Gasteiger partial charge on any atom is -0.311 e. The Morgan fingerprint density at radius 2 is 2.00 bits per heavy atom. The second-order valence-corrected chi connectivity index (χ2v) is 4.50. The predicted octanol–water partition coefficient (Wildman–Crippen LogP) is 3.80. The summed E-state index contributed by atoms with van der Waals surface area (Å²) in [4.78, 5) is 3.94. The molecule has 0 aliphatic carbocycles. The smallest absolute Gasteiger partial charge is 0.311 e. The minimum absolute atomic E-state index is 0.00719. The molecule has 18 heavy (non-hydrogen) atoms. The molecule has 0 saturated carbocycles. The van der Waals surface area contributed by atoms with E-state index in [9.17, 15) is 13.2 Å². The van der Waals surface area contributed by atoms with E-state index in [1.165, 1.54) is 6.07 Å². The average Bonchev–Trinajstić information content (AvgIpc) is 2.30. The number of alkyl halides is 3. The number of halogens is 3. The number of aromatic nitrogens is 1. The van der Waals surface area contributed by atoms with Crippen molar-refractivity contribution in [3.63, 3.8) is 0 Å². The SMILES string of the molecule is CCCC(C)C(NC)c1ccc(C(F)(F)F)cn1. The van der Waals surface area contributed by atoms with Gasteiger partial charge in [0, 0.05) is 6.20 Å². The van der Waals surface area contributed by atoms with Crippen LogP contribution in [0.4, 0.5) is 13.2 Å². The van der Waals surface area contributed by atoms with E-state index in [4.69, 9.17) is 0 Å². The van der Waals surface area contributed by atoms with Crippen LogP contribution in [0.3, 0.4) is 0 Å². The first kappa shape index (κ1) is 15.0. The van der Waals surface area contributed by atoms with Crippen molar-refractivity contribution < 1.29 is 13.2 Å². The van der Waals surface area contributed by atoms with Crippen LogP contribution < -0.4 is 5.32 Å². The van der Waals surface area contributed by atoms with Gasteiger partial charge >= 0.3 is 6.18 Å². The maximum Gasteiger partial charge on any atom is 0.417 e. The van der Waals surface area contributed by atoms with Gasteiger partial charge in [-0.15, -0.1) is 0 Å². The topological polar surface area (TPSA) is 24.9 Å². The number of hydrogen-bond donors (Lipinski definition) is 1. The molecule has 0 aliphatic rings. The summed E-state index contributed by atoms with van der Waals surface area (Å²) in [5.41, 5.74) is -0.0457. The fourth-order valence-corrected chi connectivity index (χ4v) is 2.10. The summed E-state index contributed by atoms with van der Waals surface area (Å²) in [7, 11) is 1.80. The van der Waals surface area contributed by atoms with Crippen molar-refractivity contribution in [2.45, 2.75) is 38.9 Å². The fraction of sp³-hybridized carbons (Fsp3) is 0.615. The van der Waals surface area contributed by atoms with Crippen molar-refractivity contribution >= 4 is 0 Å². The maximum absolute atomic E-state index is 12.4. The fourth-order valence-electron chi connectivity index (χ4n) is 2.10. The van der Waals surface area contributed by atoms with Gasteiger partial charge in [-0.2, -0.15) is 13.2 Å². The first-order valence-electron chi connectivity index (χ1n) is 6.10. The van der Waals surface area contributed by atoms with Crippen LogP contribution in [0.15, 0.2) is 18.3 Å². The lowest BCUT2D eigenvalue weighted by Gasteiger charge is -2.23. The summed E-state index contributed by atoms with van der Waals surface area (Å²) in [5.74, 6) is 0.337. The van der Waals surface area contributed by atoms with Gasteiger partial charge < -0.3 is 5.32 Å². The zero-order valence-electron chi connectivity index (χ0n) is 10.9. The Balaban J connectivity index is 2.88. The zero-order valence-corrected chi connectivity index (χ0v) is 10.9. The van der Waals surface area contributed by atoms with Crippen molar-refractivity contribution in [3.05, 3.63) is 29.6 Å². The van der Waals surface area contributed by atoms with Crippen molar-refractivity contribution in [2.24, 2.45) is 5.92 Å². The van der Waals surface area contributed by atoms with Gasteiger partial charge in [0.1, 0.15) is 0 Å².